The maximum absolute atomic E-state index is 5.69. The monoisotopic (exact) mass is 313 g/mol. The molecule has 0 bridgehead atoms. The Kier molecular flexibility index (Phi) is 4.29. The molecule has 0 N–H and O–H groups in total. The van der Waals surface area contributed by atoms with Crippen LogP contribution in [0.5, 0.6) is 11.5 Å². The summed E-state index contributed by atoms with van der Waals surface area (Å²) in [5, 5.41) is 0. The summed E-state index contributed by atoms with van der Waals surface area (Å²) in [5.41, 5.74) is 3.78. The molecule has 1 aliphatic heterocycles. The molecule has 0 saturated heterocycles. The Morgan fingerprint density at radius 2 is 1.73 bits per heavy atom. The minimum Gasteiger partial charge on any atom is -0.493 e. The zero-order valence-electron chi connectivity index (χ0n) is 12.8. The Balaban J connectivity index is 1.83. The van der Waals surface area contributed by atoms with Gasteiger partial charge in [-0.05, 0) is 35.7 Å². The van der Waals surface area contributed by atoms with E-state index in [-0.39, 0.29) is 0 Å². The van der Waals surface area contributed by atoms with E-state index in [9.17, 15) is 0 Å². The van der Waals surface area contributed by atoms with Gasteiger partial charge in [-0.25, -0.2) is 0 Å². The standard InChI is InChI=1S/C18H19NO2S/c1-20-16-8-7-14(11-17(16)21-2)18(22)19-10-9-13-5-3-4-6-15(13)12-19/h3-8,11H,9-10,12H2,1-2H3. The van der Waals surface area contributed by atoms with Gasteiger partial charge in [-0.1, -0.05) is 36.5 Å². The number of benzene rings is 2. The number of thiocarbonyl (C=S) groups is 1. The zero-order chi connectivity index (χ0) is 15.5. The second-order valence-corrected chi connectivity index (χ2v) is 5.70. The largest absolute Gasteiger partial charge is 0.493 e. The number of ether oxygens (including phenoxy) is 2. The fourth-order valence-corrected chi connectivity index (χ4v) is 3.10. The highest BCUT2D eigenvalue weighted by molar-refractivity contribution is 7.80. The minimum atomic E-state index is 0.708. The molecule has 0 radical (unpaired) electrons. The zero-order valence-corrected chi connectivity index (χ0v) is 13.7. The van der Waals surface area contributed by atoms with Gasteiger partial charge in [-0.15, -0.1) is 0 Å². The lowest BCUT2D eigenvalue weighted by atomic mass is 9.99. The third-order valence-corrected chi connectivity index (χ3v) is 4.54. The van der Waals surface area contributed by atoms with Gasteiger partial charge in [0.15, 0.2) is 11.5 Å². The first kappa shape index (κ1) is 14.9. The summed E-state index contributed by atoms with van der Waals surface area (Å²) in [7, 11) is 3.28. The van der Waals surface area contributed by atoms with Gasteiger partial charge in [0, 0.05) is 18.7 Å². The van der Waals surface area contributed by atoms with E-state index < -0.39 is 0 Å². The maximum Gasteiger partial charge on any atom is 0.161 e. The summed E-state index contributed by atoms with van der Waals surface area (Å²) in [5.74, 6) is 1.43. The molecule has 4 heteroatoms. The van der Waals surface area contributed by atoms with E-state index in [1.54, 1.807) is 14.2 Å². The molecule has 3 nitrogen and oxygen atoms in total. The van der Waals surface area contributed by atoms with E-state index in [1.807, 2.05) is 18.2 Å². The van der Waals surface area contributed by atoms with Crippen molar-refractivity contribution >= 4 is 17.2 Å². The summed E-state index contributed by atoms with van der Waals surface area (Å²) in [6, 6.07) is 14.4. The average molecular weight is 313 g/mol. The van der Waals surface area contributed by atoms with Crippen LogP contribution in [-0.4, -0.2) is 30.7 Å². The molecule has 0 saturated carbocycles. The van der Waals surface area contributed by atoms with Gasteiger partial charge >= 0.3 is 0 Å². The minimum absolute atomic E-state index is 0.708. The average Bonchev–Trinajstić information content (AvgIpc) is 2.60. The van der Waals surface area contributed by atoms with Crippen LogP contribution in [0.2, 0.25) is 0 Å². The lowest BCUT2D eigenvalue weighted by Crippen LogP contribution is -2.35. The molecule has 0 amide bonds. The predicted molar refractivity (Wildman–Crippen MR) is 91.8 cm³/mol. The summed E-state index contributed by atoms with van der Waals surface area (Å²) < 4.78 is 10.6. The van der Waals surface area contributed by atoms with Gasteiger partial charge < -0.3 is 14.4 Å². The van der Waals surface area contributed by atoms with Crippen molar-refractivity contribution in [3.63, 3.8) is 0 Å². The first-order valence-corrected chi connectivity index (χ1v) is 7.72. The molecule has 2 aromatic rings. The third kappa shape index (κ3) is 2.79. The molecular weight excluding hydrogens is 294 g/mol. The number of hydrogen-bond donors (Lipinski definition) is 0. The number of fused-ring (bicyclic) bond motifs is 1. The molecule has 1 heterocycles. The molecule has 2 aromatic carbocycles. The summed E-state index contributed by atoms with van der Waals surface area (Å²) in [4.78, 5) is 3.11. The summed E-state index contributed by atoms with van der Waals surface area (Å²) in [6.45, 7) is 1.81. The van der Waals surface area contributed by atoms with Crippen LogP contribution in [0.3, 0.4) is 0 Å². The number of hydrogen-bond acceptors (Lipinski definition) is 3. The molecule has 0 fully saturated rings. The van der Waals surface area contributed by atoms with Crippen molar-refractivity contribution in [2.24, 2.45) is 0 Å². The van der Waals surface area contributed by atoms with Crippen LogP contribution in [0.25, 0.3) is 0 Å². The van der Waals surface area contributed by atoms with Gasteiger partial charge in [0.25, 0.3) is 0 Å². The normalized spacial score (nSPS) is 13.5. The lowest BCUT2D eigenvalue weighted by Gasteiger charge is -2.31. The Hall–Kier alpha value is -2.07. The SMILES string of the molecule is COc1ccc(C(=S)N2CCc3ccccc3C2)cc1OC. The molecule has 0 atom stereocenters. The smallest absolute Gasteiger partial charge is 0.161 e. The fraction of sp³-hybridized carbons (Fsp3) is 0.278. The molecule has 0 aliphatic carbocycles. The predicted octanol–water partition coefficient (Wildman–Crippen LogP) is 3.44. The van der Waals surface area contributed by atoms with E-state index in [0.29, 0.717) is 5.75 Å². The third-order valence-electron chi connectivity index (χ3n) is 4.05. The van der Waals surface area contributed by atoms with Crippen LogP contribution < -0.4 is 9.47 Å². The van der Waals surface area contributed by atoms with Gasteiger partial charge in [0.2, 0.25) is 0 Å². The van der Waals surface area contributed by atoms with E-state index in [2.05, 4.69) is 29.2 Å². The van der Waals surface area contributed by atoms with Crippen molar-refractivity contribution in [1.29, 1.82) is 0 Å². The van der Waals surface area contributed by atoms with Crippen LogP contribution in [0, 0.1) is 0 Å². The van der Waals surface area contributed by atoms with Crippen molar-refractivity contribution in [1.82, 2.24) is 4.90 Å². The summed E-state index contributed by atoms with van der Waals surface area (Å²) >= 11 is 5.69. The van der Waals surface area contributed by atoms with E-state index in [4.69, 9.17) is 21.7 Å². The second kappa shape index (κ2) is 6.36. The molecule has 22 heavy (non-hydrogen) atoms. The van der Waals surface area contributed by atoms with Crippen LogP contribution >= 0.6 is 12.2 Å². The van der Waals surface area contributed by atoms with Gasteiger partial charge in [0.05, 0.1) is 14.2 Å². The molecule has 1 aliphatic rings. The Morgan fingerprint density at radius 3 is 2.45 bits per heavy atom. The highest BCUT2D eigenvalue weighted by atomic mass is 32.1. The number of methoxy groups -OCH3 is 2. The highest BCUT2D eigenvalue weighted by Crippen LogP contribution is 2.29. The van der Waals surface area contributed by atoms with Crippen molar-refractivity contribution in [2.45, 2.75) is 13.0 Å². The van der Waals surface area contributed by atoms with E-state index in [0.717, 1.165) is 35.8 Å². The fourth-order valence-electron chi connectivity index (χ4n) is 2.82. The van der Waals surface area contributed by atoms with Crippen molar-refractivity contribution in [2.75, 3.05) is 20.8 Å². The van der Waals surface area contributed by atoms with Crippen LogP contribution in [-0.2, 0) is 13.0 Å². The Morgan fingerprint density at radius 1 is 1.00 bits per heavy atom. The quantitative estimate of drug-likeness (QED) is 0.809. The summed E-state index contributed by atoms with van der Waals surface area (Å²) in [6.07, 6.45) is 1.03. The van der Waals surface area contributed by atoms with Crippen LogP contribution in [0.4, 0.5) is 0 Å². The maximum atomic E-state index is 5.69. The van der Waals surface area contributed by atoms with Gasteiger partial charge in [0.1, 0.15) is 4.99 Å². The number of rotatable bonds is 3. The first-order chi connectivity index (χ1) is 10.7. The van der Waals surface area contributed by atoms with E-state index in [1.165, 1.54) is 11.1 Å². The van der Waals surface area contributed by atoms with Gasteiger partial charge in [-0.3, -0.25) is 0 Å². The molecule has 3 rings (SSSR count). The van der Waals surface area contributed by atoms with Crippen LogP contribution in [0.1, 0.15) is 16.7 Å². The van der Waals surface area contributed by atoms with Crippen LogP contribution in [0.15, 0.2) is 42.5 Å². The highest BCUT2D eigenvalue weighted by Gasteiger charge is 2.19. The Bertz CT molecular complexity index is 699. The second-order valence-electron chi connectivity index (χ2n) is 5.32. The topological polar surface area (TPSA) is 21.7 Å². The lowest BCUT2D eigenvalue weighted by molar-refractivity contribution is 0.354. The first-order valence-electron chi connectivity index (χ1n) is 7.31. The molecular formula is C18H19NO2S. The molecule has 0 unspecified atom stereocenters. The van der Waals surface area contributed by atoms with Crippen molar-refractivity contribution in [3.8, 4) is 11.5 Å². The van der Waals surface area contributed by atoms with Gasteiger partial charge in [-0.2, -0.15) is 0 Å². The van der Waals surface area contributed by atoms with Crippen molar-refractivity contribution in [3.05, 3.63) is 59.2 Å². The number of nitrogens with zero attached hydrogens (tertiary/aromatic N) is 1. The Labute approximate surface area is 136 Å². The van der Waals surface area contributed by atoms with E-state index >= 15 is 0 Å². The molecule has 0 aromatic heterocycles. The molecule has 114 valence electrons. The van der Waals surface area contributed by atoms with Crippen molar-refractivity contribution < 1.29 is 9.47 Å². The molecule has 0 spiro atoms.